The molecule has 1 N–H and O–H groups in total. The number of hydrogen-bond acceptors (Lipinski definition) is 5. The zero-order chi connectivity index (χ0) is 22.1. The van der Waals surface area contributed by atoms with Gasteiger partial charge in [-0.2, -0.15) is 0 Å². The van der Waals surface area contributed by atoms with Gasteiger partial charge in [-0.3, -0.25) is 9.59 Å². The second-order valence-electron chi connectivity index (χ2n) is 7.20. The molecule has 162 valence electrons. The summed E-state index contributed by atoms with van der Waals surface area (Å²) in [6, 6.07) is 8.95. The predicted molar refractivity (Wildman–Crippen MR) is 116 cm³/mol. The summed E-state index contributed by atoms with van der Waals surface area (Å²) in [7, 11) is 0. The van der Waals surface area contributed by atoms with Gasteiger partial charge in [0, 0.05) is 10.5 Å². The first-order valence-corrected chi connectivity index (χ1v) is 10.7. The molecule has 0 saturated heterocycles. The molecule has 1 aliphatic rings. The van der Waals surface area contributed by atoms with Crippen LogP contribution in [-0.2, 0) is 9.53 Å². The quantitative estimate of drug-likeness (QED) is 0.435. The first-order valence-electron chi connectivity index (χ1n) is 9.52. The Bertz CT molecular complexity index is 1200. The molecule has 9 heteroatoms. The highest BCUT2D eigenvalue weighted by atomic mass is 79.9. The number of hydrogen-bond donors (Lipinski definition) is 1. The van der Waals surface area contributed by atoms with E-state index in [9.17, 15) is 14.0 Å². The van der Waals surface area contributed by atoms with Crippen molar-refractivity contribution in [2.75, 3.05) is 13.2 Å². The van der Waals surface area contributed by atoms with Crippen LogP contribution in [0.2, 0.25) is 5.02 Å². The summed E-state index contributed by atoms with van der Waals surface area (Å²) < 4.78 is 31.8. The minimum Gasteiger partial charge on any atom is -0.490 e. The van der Waals surface area contributed by atoms with Gasteiger partial charge in [0.2, 0.25) is 0 Å². The van der Waals surface area contributed by atoms with E-state index in [4.69, 9.17) is 30.6 Å². The molecular weight excluding hydrogens is 495 g/mol. The molecule has 1 fully saturated rings. The lowest BCUT2D eigenvalue weighted by Gasteiger charge is -2.32. The molecule has 0 atom stereocenters. The van der Waals surface area contributed by atoms with Gasteiger partial charge in [-0.1, -0.05) is 27.5 Å². The molecule has 1 heterocycles. The highest BCUT2D eigenvalue weighted by Crippen LogP contribution is 2.35. The molecule has 1 aromatic heterocycles. The normalized spacial score (nSPS) is 18.0. The van der Waals surface area contributed by atoms with E-state index in [1.54, 1.807) is 18.2 Å². The molecule has 6 nitrogen and oxygen atoms in total. The summed E-state index contributed by atoms with van der Waals surface area (Å²) in [6.07, 6.45) is 0.913. The van der Waals surface area contributed by atoms with Crippen molar-refractivity contribution in [1.29, 1.82) is 0 Å². The maximum absolute atomic E-state index is 13.8. The van der Waals surface area contributed by atoms with Gasteiger partial charge in [0.05, 0.1) is 29.6 Å². The minimum atomic E-state index is -0.799. The standard InChI is InChI=1S/C22H17BrClFO6/c23-12-1-2-15(18(9-12)30-6-5-29-13-7-11(8-13)22(27)28)19-10-17(26)14-3-4-16(25)20(24)21(14)31-19/h1-4,9-11,13H,5-8H2,(H,27,28)/t11-,13-. The van der Waals surface area contributed by atoms with Crippen LogP contribution in [-0.4, -0.2) is 30.4 Å². The Morgan fingerprint density at radius 3 is 2.74 bits per heavy atom. The first kappa shape index (κ1) is 21.8. The molecule has 1 aliphatic carbocycles. The van der Waals surface area contributed by atoms with E-state index >= 15 is 0 Å². The highest BCUT2D eigenvalue weighted by molar-refractivity contribution is 9.10. The van der Waals surface area contributed by atoms with Crippen LogP contribution in [0.25, 0.3) is 22.3 Å². The molecule has 1 saturated carbocycles. The van der Waals surface area contributed by atoms with E-state index in [1.165, 1.54) is 12.1 Å². The van der Waals surface area contributed by atoms with Crippen LogP contribution < -0.4 is 10.2 Å². The lowest BCUT2D eigenvalue weighted by molar-refractivity contribution is -0.151. The number of aliphatic carboxylic acids is 1. The van der Waals surface area contributed by atoms with Crippen LogP contribution >= 0.6 is 27.5 Å². The van der Waals surface area contributed by atoms with Gasteiger partial charge < -0.3 is 19.0 Å². The third-order valence-electron chi connectivity index (χ3n) is 5.14. The van der Waals surface area contributed by atoms with Crippen molar-refractivity contribution < 1.29 is 28.2 Å². The molecule has 0 spiro atoms. The molecule has 2 aromatic carbocycles. The fourth-order valence-corrected chi connectivity index (χ4v) is 3.93. The lowest BCUT2D eigenvalue weighted by atomic mass is 9.82. The van der Waals surface area contributed by atoms with Crippen molar-refractivity contribution in [1.82, 2.24) is 0 Å². The zero-order valence-electron chi connectivity index (χ0n) is 16.1. The van der Waals surface area contributed by atoms with E-state index < -0.39 is 11.8 Å². The second-order valence-corrected chi connectivity index (χ2v) is 8.49. The van der Waals surface area contributed by atoms with Gasteiger partial charge in [-0.05, 0) is 43.2 Å². The number of carboxylic acid groups (broad SMARTS) is 1. The Hall–Kier alpha value is -2.42. The molecule has 0 bridgehead atoms. The average Bonchev–Trinajstić information content (AvgIpc) is 2.69. The second kappa shape index (κ2) is 8.98. The van der Waals surface area contributed by atoms with Crippen LogP contribution in [0.3, 0.4) is 0 Å². The summed E-state index contributed by atoms with van der Waals surface area (Å²) in [5, 5.41) is 8.83. The van der Waals surface area contributed by atoms with E-state index in [-0.39, 0.29) is 52.4 Å². The maximum Gasteiger partial charge on any atom is 0.306 e. The summed E-state index contributed by atoms with van der Waals surface area (Å²) in [4.78, 5) is 23.4. The van der Waals surface area contributed by atoms with Gasteiger partial charge >= 0.3 is 5.97 Å². The number of fused-ring (bicyclic) bond motifs is 1. The van der Waals surface area contributed by atoms with Gasteiger partial charge in [0.15, 0.2) is 11.0 Å². The van der Waals surface area contributed by atoms with E-state index in [2.05, 4.69) is 15.9 Å². The van der Waals surface area contributed by atoms with Crippen molar-refractivity contribution in [2.45, 2.75) is 18.9 Å². The van der Waals surface area contributed by atoms with Crippen molar-refractivity contribution in [3.63, 3.8) is 0 Å². The number of carbonyl (C=O) groups is 1. The molecular formula is C22H17BrClFO6. The third-order valence-corrected chi connectivity index (χ3v) is 5.98. The lowest BCUT2D eigenvalue weighted by Crippen LogP contribution is -2.37. The van der Waals surface area contributed by atoms with Gasteiger partial charge in [0.25, 0.3) is 0 Å². The van der Waals surface area contributed by atoms with Gasteiger partial charge in [-0.15, -0.1) is 0 Å². The van der Waals surface area contributed by atoms with Crippen molar-refractivity contribution >= 4 is 44.5 Å². The molecule has 3 aromatic rings. The Morgan fingerprint density at radius 2 is 2.00 bits per heavy atom. The largest absolute Gasteiger partial charge is 0.490 e. The van der Waals surface area contributed by atoms with Gasteiger partial charge in [-0.25, -0.2) is 4.39 Å². The Balaban J connectivity index is 1.53. The Kier molecular flexibility index (Phi) is 6.31. The number of rotatable bonds is 7. The average molecular weight is 512 g/mol. The summed E-state index contributed by atoms with van der Waals surface area (Å²) in [5.74, 6) is -1.19. The van der Waals surface area contributed by atoms with Gasteiger partial charge in [0.1, 0.15) is 29.0 Å². The predicted octanol–water partition coefficient (Wildman–Crippen LogP) is 5.27. The maximum atomic E-state index is 13.8. The van der Waals surface area contributed by atoms with Crippen molar-refractivity contribution in [3.05, 3.63) is 61.9 Å². The fraction of sp³-hybridized carbons (Fsp3) is 0.273. The van der Waals surface area contributed by atoms with Crippen molar-refractivity contribution in [3.8, 4) is 17.1 Å². The van der Waals surface area contributed by atoms with E-state index in [0.29, 0.717) is 24.2 Å². The third kappa shape index (κ3) is 4.61. The summed E-state index contributed by atoms with van der Waals surface area (Å²) in [6.45, 7) is 0.493. The van der Waals surface area contributed by atoms with Crippen LogP contribution in [0.5, 0.6) is 5.75 Å². The minimum absolute atomic E-state index is 0.0284. The summed E-state index contributed by atoms with van der Waals surface area (Å²) in [5.41, 5.74) is 0.116. The highest BCUT2D eigenvalue weighted by Gasteiger charge is 2.35. The molecule has 0 aliphatic heterocycles. The topological polar surface area (TPSA) is 86.0 Å². The number of carboxylic acids is 1. The molecule has 4 rings (SSSR count). The first-order chi connectivity index (χ1) is 14.8. The van der Waals surface area contributed by atoms with Crippen LogP contribution in [0.4, 0.5) is 4.39 Å². The molecule has 0 amide bonds. The zero-order valence-corrected chi connectivity index (χ0v) is 18.4. The number of ether oxygens (including phenoxy) is 2. The number of halogens is 3. The molecule has 31 heavy (non-hydrogen) atoms. The molecule has 0 radical (unpaired) electrons. The summed E-state index contributed by atoms with van der Waals surface area (Å²) >= 11 is 9.39. The Morgan fingerprint density at radius 1 is 1.23 bits per heavy atom. The van der Waals surface area contributed by atoms with Crippen LogP contribution in [0.1, 0.15) is 12.8 Å². The smallest absolute Gasteiger partial charge is 0.306 e. The van der Waals surface area contributed by atoms with Crippen LogP contribution in [0.15, 0.2) is 50.1 Å². The van der Waals surface area contributed by atoms with E-state index in [0.717, 1.165) is 10.5 Å². The monoisotopic (exact) mass is 510 g/mol. The van der Waals surface area contributed by atoms with Crippen molar-refractivity contribution in [2.24, 2.45) is 5.92 Å². The fourth-order valence-electron chi connectivity index (χ4n) is 3.38. The van der Waals surface area contributed by atoms with Crippen LogP contribution in [0, 0.1) is 11.7 Å². The molecule has 0 unspecified atom stereocenters. The SMILES string of the molecule is O=c1cc(-c2ccc(Br)cc2OCCO[C@H]2C[C@H](C(=O)O)C2)oc2c(Cl)c(F)ccc12. The number of benzene rings is 2. The Labute approximate surface area is 189 Å². The van der Waals surface area contributed by atoms with E-state index in [1.807, 2.05) is 0 Å².